The number of carbonyl (C=O) groups is 1. The van der Waals surface area contributed by atoms with Crippen LogP contribution in [0.1, 0.15) is 42.6 Å². The molecular formula is C15H22N2O2. The fourth-order valence-corrected chi connectivity index (χ4v) is 2.32. The van der Waals surface area contributed by atoms with E-state index in [4.69, 9.17) is 5.73 Å². The zero-order valence-corrected chi connectivity index (χ0v) is 11.6. The van der Waals surface area contributed by atoms with E-state index in [2.05, 4.69) is 18.7 Å². The second kappa shape index (κ2) is 5.61. The summed E-state index contributed by atoms with van der Waals surface area (Å²) in [5.74, 6) is -0.153. The molecule has 1 saturated carbocycles. The van der Waals surface area contributed by atoms with Crippen molar-refractivity contribution in [2.75, 3.05) is 12.3 Å². The first kappa shape index (κ1) is 13.9. The van der Waals surface area contributed by atoms with Crippen LogP contribution in [0.5, 0.6) is 0 Å². The summed E-state index contributed by atoms with van der Waals surface area (Å²) in [5, 5.41) is 9.29. The molecule has 19 heavy (non-hydrogen) atoms. The van der Waals surface area contributed by atoms with Gasteiger partial charge < -0.3 is 10.8 Å². The summed E-state index contributed by atoms with van der Waals surface area (Å²) in [6.07, 6.45) is 2.60. The van der Waals surface area contributed by atoms with Crippen LogP contribution in [0.25, 0.3) is 0 Å². The number of nitrogens with zero attached hydrogens (tertiary/aromatic N) is 1. The molecule has 4 heteroatoms. The number of carboxylic acid groups (broad SMARTS) is 1. The number of benzene rings is 1. The molecule has 1 aromatic rings. The smallest absolute Gasteiger partial charge is 0.338 e. The minimum atomic E-state index is -0.941. The maximum atomic E-state index is 11.3. The Morgan fingerprint density at radius 3 is 2.68 bits per heavy atom. The van der Waals surface area contributed by atoms with Gasteiger partial charge in [0.2, 0.25) is 0 Å². The van der Waals surface area contributed by atoms with Gasteiger partial charge in [-0.3, -0.25) is 4.90 Å². The summed E-state index contributed by atoms with van der Waals surface area (Å²) in [5.41, 5.74) is 7.20. The van der Waals surface area contributed by atoms with Gasteiger partial charge in [-0.15, -0.1) is 0 Å². The third-order valence-electron chi connectivity index (χ3n) is 3.69. The van der Waals surface area contributed by atoms with Crippen LogP contribution in [0, 0.1) is 5.92 Å². The highest BCUT2D eigenvalue weighted by Crippen LogP contribution is 2.31. The van der Waals surface area contributed by atoms with Crippen LogP contribution in [-0.4, -0.2) is 28.6 Å². The monoisotopic (exact) mass is 262 g/mol. The second-order valence-corrected chi connectivity index (χ2v) is 5.65. The molecule has 0 atom stereocenters. The Balaban J connectivity index is 2.20. The van der Waals surface area contributed by atoms with Crippen molar-refractivity contribution in [1.29, 1.82) is 0 Å². The Kier molecular flexibility index (Phi) is 4.10. The molecule has 0 unspecified atom stereocenters. The van der Waals surface area contributed by atoms with Gasteiger partial charge in [0.05, 0.1) is 5.56 Å². The first-order chi connectivity index (χ1) is 8.99. The van der Waals surface area contributed by atoms with Crippen LogP contribution >= 0.6 is 0 Å². The van der Waals surface area contributed by atoms with E-state index in [1.165, 1.54) is 12.8 Å². The average molecular weight is 262 g/mol. The number of anilines is 1. The predicted octanol–water partition coefficient (Wildman–Crippen LogP) is 2.59. The van der Waals surface area contributed by atoms with Crippen LogP contribution < -0.4 is 5.73 Å². The van der Waals surface area contributed by atoms with Crippen LogP contribution in [0.15, 0.2) is 18.2 Å². The van der Waals surface area contributed by atoms with E-state index in [-0.39, 0.29) is 5.56 Å². The zero-order chi connectivity index (χ0) is 14.0. The number of carboxylic acids is 1. The van der Waals surface area contributed by atoms with Crippen LogP contribution in [0.2, 0.25) is 0 Å². The van der Waals surface area contributed by atoms with Gasteiger partial charge in [0, 0.05) is 24.8 Å². The highest BCUT2D eigenvalue weighted by atomic mass is 16.4. The lowest BCUT2D eigenvalue weighted by molar-refractivity contribution is 0.0695. The molecule has 4 nitrogen and oxygen atoms in total. The Morgan fingerprint density at radius 1 is 1.47 bits per heavy atom. The average Bonchev–Trinajstić information content (AvgIpc) is 3.11. The molecule has 0 radical (unpaired) electrons. The molecule has 2 rings (SSSR count). The normalized spacial score (nSPS) is 15.2. The van der Waals surface area contributed by atoms with Crippen molar-refractivity contribution >= 4 is 11.7 Å². The van der Waals surface area contributed by atoms with E-state index >= 15 is 0 Å². The topological polar surface area (TPSA) is 66.6 Å². The summed E-state index contributed by atoms with van der Waals surface area (Å²) < 4.78 is 0. The molecule has 0 bridgehead atoms. The fourth-order valence-electron chi connectivity index (χ4n) is 2.32. The molecule has 1 aromatic carbocycles. The molecule has 1 aliphatic carbocycles. The van der Waals surface area contributed by atoms with Gasteiger partial charge in [-0.2, -0.15) is 0 Å². The first-order valence-electron chi connectivity index (χ1n) is 6.83. The van der Waals surface area contributed by atoms with Crippen molar-refractivity contribution in [1.82, 2.24) is 4.90 Å². The Bertz CT molecular complexity index is 467. The van der Waals surface area contributed by atoms with Crippen LogP contribution in [-0.2, 0) is 6.54 Å². The summed E-state index contributed by atoms with van der Waals surface area (Å²) in [6.45, 7) is 6.00. The van der Waals surface area contributed by atoms with Gasteiger partial charge in [-0.05, 0) is 44.2 Å². The summed E-state index contributed by atoms with van der Waals surface area (Å²) >= 11 is 0. The molecule has 0 amide bonds. The molecule has 0 aliphatic heterocycles. The van der Waals surface area contributed by atoms with E-state index in [0.717, 1.165) is 18.0 Å². The SMILES string of the molecule is CC(C)N(Cc1cccc(N)c1C(=O)O)CC1CC1. The van der Waals surface area contributed by atoms with Gasteiger partial charge in [-0.1, -0.05) is 12.1 Å². The number of aromatic carboxylic acids is 1. The minimum Gasteiger partial charge on any atom is -0.478 e. The van der Waals surface area contributed by atoms with Crippen molar-refractivity contribution < 1.29 is 9.90 Å². The van der Waals surface area contributed by atoms with E-state index in [1.807, 2.05) is 12.1 Å². The maximum Gasteiger partial charge on any atom is 0.338 e. The van der Waals surface area contributed by atoms with E-state index in [9.17, 15) is 9.90 Å². The van der Waals surface area contributed by atoms with Crippen molar-refractivity contribution in [3.8, 4) is 0 Å². The van der Waals surface area contributed by atoms with Gasteiger partial charge in [-0.25, -0.2) is 4.79 Å². The molecule has 3 N–H and O–H groups in total. The molecule has 0 saturated heterocycles. The van der Waals surface area contributed by atoms with Crippen LogP contribution in [0.3, 0.4) is 0 Å². The summed E-state index contributed by atoms with van der Waals surface area (Å²) in [6, 6.07) is 5.74. The number of hydrogen-bond donors (Lipinski definition) is 2. The number of nitrogen functional groups attached to an aromatic ring is 1. The lowest BCUT2D eigenvalue weighted by Gasteiger charge is -2.27. The fraction of sp³-hybridized carbons (Fsp3) is 0.533. The third-order valence-corrected chi connectivity index (χ3v) is 3.69. The minimum absolute atomic E-state index is 0.254. The van der Waals surface area contributed by atoms with Crippen molar-refractivity contribution in [2.45, 2.75) is 39.3 Å². The molecule has 0 aromatic heterocycles. The molecule has 0 spiro atoms. The lowest BCUT2D eigenvalue weighted by Crippen LogP contribution is -2.33. The Labute approximate surface area is 114 Å². The molecule has 1 aliphatic rings. The summed E-state index contributed by atoms with van der Waals surface area (Å²) in [7, 11) is 0. The van der Waals surface area contributed by atoms with Crippen molar-refractivity contribution in [3.05, 3.63) is 29.3 Å². The molecular weight excluding hydrogens is 240 g/mol. The maximum absolute atomic E-state index is 11.3. The number of hydrogen-bond acceptors (Lipinski definition) is 3. The zero-order valence-electron chi connectivity index (χ0n) is 11.6. The second-order valence-electron chi connectivity index (χ2n) is 5.65. The summed E-state index contributed by atoms with van der Waals surface area (Å²) in [4.78, 5) is 13.7. The first-order valence-corrected chi connectivity index (χ1v) is 6.83. The van der Waals surface area contributed by atoms with Gasteiger partial charge >= 0.3 is 5.97 Å². The standard InChI is InChI=1S/C15H22N2O2/c1-10(2)17(8-11-6-7-11)9-12-4-3-5-13(16)14(12)15(18)19/h3-5,10-11H,6-9,16H2,1-2H3,(H,18,19). The molecule has 104 valence electrons. The number of nitrogens with two attached hydrogens (primary N) is 1. The van der Waals surface area contributed by atoms with Gasteiger partial charge in [0.25, 0.3) is 0 Å². The Hall–Kier alpha value is -1.55. The predicted molar refractivity (Wildman–Crippen MR) is 76.1 cm³/mol. The van der Waals surface area contributed by atoms with Crippen LogP contribution in [0.4, 0.5) is 5.69 Å². The van der Waals surface area contributed by atoms with E-state index in [0.29, 0.717) is 18.3 Å². The Morgan fingerprint density at radius 2 is 2.16 bits per heavy atom. The molecule has 0 heterocycles. The quantitative estimate of drug-likeness (QED) is 0.773. The van der Waals surface area contributed by atoms with Gasteiger partial charge in [0.1, 0.15) is 0 Å². The van der Waals surface area contributed by atoms with E-state index < -0.39 is 5.97 Å². The van der Waals surface area contributed by atoms with Gasteiger partial charge in [0.15, 0.2) is 0 Å². The lowest BCUT2D eigenvalue weighted by atomic mass is 10.0. The number of rotatable bonds is 6. The van der Waals surface area contributed by atoms with Crippen molar-refractivity contribution in [3.63, 3.8) is 0 Å². The van der Waals surface area contributed by atoms with E-state index in [1.54, 1.807) is 6.07 Å². The third kappa shape index (κ3) is 3.47. The van der Waals surface area contributed by atoms with Crippen molar-refractivity contribution in [2.24, 2.45) is 5.92 Å². The highest BCUT2D eigenvalue weighted by Gasteiger charge is 2.26. The highest BCUT2D eigenvalue weighted by molar-refractivity contribution is 5.95. The largest absolute Gasteiger partial charge is 0.478 e. The molecule has 1 fully saturated rings.